The Morgan fingerprint density at radius 3 is 2.52 bits per heavy atom. The molecule has 0 radical (unpaired) electrons. The van der Waals surface area contributed by atoms with E-state index in [4.69, 9.17) is 27.3 Å². The predicted molar refractivity (Wildman–Crippen MR) is 90.9 cm³/mol. The summed E-state index contributed by atoms with van der Waals surface area (Å²) in [4.78, 5) is 23.8. The summed E-state index contributed by atoms with van der Waals surface area (Å²) in [5.41, 5.74) is 3.96. The van der Waals surface area contributed by atoms with E-state index in [0.717, 1.165) is 6.07 Å². The molecule has 0 atom stereocenters. The number of esters is 1. The number of carbonyl (C=O) groups is 2. The van der Waals surface area contributed by atoms with Crippen LogP contribution in [-0.4, -0.2) is 18.5 Å². The largest absolute Gasteiger partial charge is 0.452 e. The molecule has 0 aliphatic carbocycles. The van der Waals surface area contributed by atoms with E-state index in [2.05, 4.69) is 5.32 Å². The zero-order valence-electron chi connectivity index (χ0n) is 13.4. The van der Waals surface area contributed by atoms with Gasteiger partial charge in [0.15, 0.2) is 6.61 Å². The number of alkyl halides is 3. The summed E-state index contributed by atoms with van der Waals surface area (Å²) in [5, 5.41) is 11.6. The second-order valence-electron chi connectivity index (χ2n) is 5.23. The monoisotopic (exact) mass is 397 g/mol. The van der Waals surface area contributed by atoms with E-state index >= 15 is 0 Å². The maximum absolute atomic E-state index is 12.6. The third kappa shape index (κ3) is 5.12. The number of nitrogen functional groups attached to an aromatic ring is 1. The van der Waals surface area contributed by atoms with Gasteiger partial charge in [0.25, 0.3) is 5.91 Å². The van der Waals surface area contributed by atoms with Crippen LogP contribution in [0, 0.1) is 11.3 Å². The molecular weight excluding hydrogens is 387 g/mol. The molecule has 0 heterocycles. The Bertz CT molecular complexity index is 939. The average molecular weight is 398 g/mol. The van der Waals surface area contributed by atoms with Crippen LogP contribution in [0.4, 0.5) is 24.5 Å². The normalized spacial score (nSPS) is 10.8. The molecule has 0 saturated heterocycles. The molecule has 0 spiro atoms. The number of amides is 1. The molecule has 0 aromatic heterocycles. The number of nitrogens with one attached hydrogen (secondary N) is 1. The fourth-order valence-electron chi connectivity index (χ4n) is 2.04. The van der Waals surface area contributed by atoms with Gasteiger partial charge >= 0.3 is 12.1 Å². The number of halogens is 4. The lowest BCUT2D eigenvalue weighted by Crippen LogP contribution is -2.22. The van der Waals surface area contributed by atoms with Crippen LogP contribution < -0.4 is 11.1 Å². The molecule has 2 rings (SSSR count). The highest BCUT2D eigenvalue weighted by atomic mass is 35.5. The van der Waals surface area contributed by atoms with Crippen LogP contribution in [0.2, 0.25) is 5.02 Å². The van der Waals surface area contributed by atoms with E-state index in [-0.39, 0.29) is 21.8 Å². The highest BCUT2D eigenvalue weighted by molar-refractivity contribution is 6.31. The number of carbonyl (C=O) groups excluding carboxylic acids is 2. The summed E-state index contributed by atoms with van der Waals surface area (Å²) < 4.78 is 42.5. The van der Waals surface area contributed by atoms with Crippen LogP contribution in [-0.2, 0) is 15.7 Å². The van der Waals surface area contributed by atoms with Crippen LogP contribution >= 0.6 is 11.6 Å². The summed E-state index contributed by atoms with van der Waals surface area (Å²) in [5.74, 6) is -1.84. The van der Waals surface area contributed by atoms with Crippen LogP contribution in [0.25, 0.3) is 0 Å². The Balaban J connectivity index is 2.03. The highest BCUT2D eigenvalue weighted by Crippen LogP contribution is 2.31. The van der Waals surface area contributed by atoms with Crippen molar-refractivity contribution in [2.24, 2.45) is 0 Å². The van der Waals surface area contributed by atoms with Gasteiger partial charge in [-0.25, -0.2) is 4.79 Å². The first-order chi connectivity index (χ1) is 12.6. The van der Waals surface area contributed by atoms with Crippen molar-refractivity contribution >= 4 is 34.9 Å². The molecule has 6 nitrogen and oxygen atoms in total. The van der Waals surface area contributed by atoms with Gasteiger partial charge in [-0.15, -0.1) is 0 Å². The molecule has 3 N–H and O–H groups in total. The van der Waals surface area contributed by atoms with E-state index in [9.17, 15) is 22.8 Å². The number of hydrogen-bond acceptors (Lipinski definition) is 5. The van der Waals surface area contributed by atoms with E-state index in [0.29, 0.717) is 12.1 Å². The fraction of sp³-hybridized carbons (Fsp3) is 0.118. The smallest absolute Gasteiger partial charge is 0.416 e. The predicted octanol–water partition coefficient (Wildman–Crippen LogP) is 3.61. The number of nitrogens with two attached hydrogens (primary N) is 1. The van der Waals surface area contributed by atoms with Crippen molar-refractivity contribution in [3.63, 3.8) is 0 Å². The number of ether oxygens (including phenoxy) is 1. The SMILES string of the molecule is N#Cc1ccc(Cl)cc1NC(=O)COC(=O)c1ccc(C(F)(F)F)cc1N. The average Bonchev–Trinajstić information content (AvgIpc) is 2.59. The standard InChI is InChI=1S/C17H11ClF3N3O3/c18-11-3-1-9(7-22)14(6-11)24-15(25)8-27-16(26)12-4-2-10(5-13(12)23)17(19,20)21/h1-6H,8,23H2,(H,24,25). The lowest BCUT2D eigenvalue weighted by atomic mass is 10.1. The lowest BCUT2D eigenvalue weighted by Gasteiger charge is -2.11. The highest BCUT2D eigenvalue weighted by Gasteiger charge is 2.31. The van der Waals surface area contributed by atoms with Gasteiger partial charge in [0.2, 0.25) is 0 Å². The van der Waals surface area contributed by atoms with Gasteiger partial charge in [-0.05, 0) is 36.4 Å². The number of nitriles is 1. The third-order valence-electron chi connectivity index (χ3n) is 3.31. The first-order valence-corrected chi connectivity index (χ1v) is 7.63. The number of benzene rings is 2. The van der Waals surface area contributed by atoms with Gasteiger partial charge < -0.3 is 15.8 Å². The molecule has 140 valence electrons. The van der Waals surface area contributed by atoms with Crippen LogP contribution in [0.5, 0.6) is 0 Å². The molecule has 10 heteroatoms. The quantitative estimate of drug-likeness (QED) is 0.605. The second-order valence-corrected chi connectivity index (χ2v) is 5.66. The van der Waals surface area contributed by atoms with E-state index in [1.165, 1.54) is 18.2 Å². The minimum atomic E-state index is -4.61. The zero-order chi connectivity index (χ0) is 20.2. The lowest BCUT2D eigenvalue weighted by molar-refractivity contribution is -0.137. The molecule has 0 saturated carbocycles. The Hall–Kier alpha value is -3.25. The molecule has 2 aromatic rings. The maximum Gasteiger partial charge on any atom is 0.416 e. The number of nitrogens with zero attached hydrogens (tertiary/aromatic N) is 1. The van der Waals surface area contributed by atoms with E-state index in [1.807, 2.05) is 6.07 Å². The summed E-state index contributed by atoms with van der Waals surface area (Å²) in [6.45, 7) is -0.739. The van der Waals surface area contributed by atoms with Crippen molar-refractivity contribution in [1.82, 2.24) is 0 Å². The van der Waals surface area contributed by atoms with E-state index < -0.39 is 35.9 Å². The van der Waals surface area contributed by atoms with E-state index in [1.54, 1.807) is 0 Å². The fourth-order valence-corrected chi connectivity index (χ4v) is 2.21. The van der Waals surface area contributed by atoms with Gasteiger partial charge in [-0.1, -0.05) is 11.6 Å². The van der Waals surface area contributed by atoms with Gasteiger partial charge in [-0.2, -0.15) is 18.4 Å². The van der Waals surface area contributed by atoms with Gasteiger partial charge in [0.1, 0.15) is 6.07 Å². The van der Waals surface area contributed by atoms with Crippen LogP contribution in [0.15, 0.2) is 36.4 Å². The molecule has 27 heavy (non-hydrogen) atoms. The Morgan fingerprint density at radius 1 is 1.22 bits per heavy atom. The number of rotatable bonds is 4. The second kappa shape index (κ2) is 7.97. The first-order valence-electron chi connectivity index (χ1n) is 7.25. The summed E-state index contributed by atoms with van der Waals surface area (Å²) >= 11 is 5.79. The number of hydrogen-bond donors (Lipinski definition) is 2. The molecular formula is C17H11ClF3N3O3. The summed E-state index contributed by atoms with van der Waals surface area (Å²) in [6, 6.07) is 8.19. The molecule has 0 aliphatic rings. The molecule has 1 amide bonds. The van der Waals surface area contributed by atoms with Crippen molar-refractivity contribution in [2.45, 2.75) is 6.18 Å². The summed E-state index contributed by atoms with van der Waals surface area (Å²) in [7, 11) is 0. The van der Waals surface area contributed by atoms with Gasteiger partial charge in [-0.3, -0.25) is 4.79 Å². The van der Waals surface area contributed by atoms with Crippen molar-refractivity contribution in [1.29, 1.82) is 5.26 Å². The van der Waals surface area contributed by atoms with Crippen LogP contribution in [0.3, 0.4) is 0 Å². The van der Waals surface area contributed by atoms with Crippen molar-refractivity contribution in [2.75, 3.05) is 17.7 Å². The Morgan fingerprint density at radius 2 is 1.93 bits per heavy atom. The molecule has 0 aliphatic heterocycles. The van der Waals surface area contributed by atoms with Crippen LogP contribution in [0.1, 0.15) is 21.5 Å². The third-order valence-corrected chi connectivity index (χ3v) is 3.54. The first kappa shape index (κ1) is 20.1. The molecule has 0 fully saturated rings. The number of anilines is 2. The molecule has 0 unspecified atom stereocenters. The topological polar surface area (TPSA) is 105 Å². The maximum atomic E-state index is 12.6. The van der Waals surface area contributed by atoms with Crippen molar-refractivity contribution in [3.8, 4) is 6.07 Å². The van der Waals surface area contributed by atoms with Crippen molar-refractivity contribution in [3.05, 3.63) is 58.1 Å². The molecule has 2 aromatic carbocycles. The minimum Gasteiger partial charge on any atom is -0.452 e. The van der Waals surface area contributed by atoms with Crippen molar-refractivity contribution < 1.29 is 27.5 Å². The van der Waals surface area contributed by atoms with Gasteiger partial charge in [0, 0.05) is 10.7 Å². The zero-order valence-corrected chi connectivity index (χ0v) is 14.2. The molecule has 0 bridgehead atoms. The van der Waals surface area contributed by atoms with Gasteiger partial charge in [0.05, 0.1) is 22.4 Å². The summed E-state index contributed by atoms with van der Waals surface area (Å²) in [6.07, 6.45) is -4.61. The Kier molecular flexibility index (Phi) is 5.92. The Labute approximate surface area is 156 Å². The minimum absolute atomic E-state index is 0.125.